The van der Waals surface area contributed by atoms with Crippen LogP contribution >= 0.6 is 8.03 Å². The summed E-state index contributed by atoms with van der Waals surface area (Å²) < 4.78 is 18.7. The van der Waals surface area contributed by atoms with E-state index < -0.39 is 8.03 Å². The van der Waals surface area contributed by atoms with Gasteiger partial charge in [0.25, 0.3) is 8.03 Å². The molecule has 0 bridgehead atoms. The van der Waals surface area contributed by atoms with Gasteiger partial charge in [-0.25, -0.2) is 0 Å². The number of benzene rings is 3. The molecule has 0 radical (unpaired) electrons. The molecule has 0 spiro atoms. The van der Waals surface area contributed by atoms with Crippen LogP contribution in [0.2, 0.25) is 0 Å². The van der Waals surface area contributed by atoms with Gasteiger partial charge in [-0.1, -0.05) is 75.4 Å². The van der Waals surface area contributed by atoms with Gasteiger partial charge in [0, 0.05) is 12.0 Å². The molecule has 2 nitrogen and oxygen atoms in total. The topological polar surface area (TPSA) is 26.3 Å². The Morgan fingerprint density at radius 2 is 1.58 bits per heavy atom. The van der Waals surface area contributed by atoms with Gasteiger partial charge < -0.3 is 4.52 Å². The summed E-state index contributed by atoms with van der Waals surface area (Å²) in [5, 5.41) is 0.821. The molecule has 1 aliphatic rings. The van der Waals surface area contributed by atoms with Crippen LogP contribution in [0.1, 0.15) is 37.5 Å². The maximum Gasteiger partial charge on any atom is 0.266 e. The average Bonchev–Trinajstić information content (AvgIpc) is 2.62. The summed E-state index contributed by atoms with van der Waals surface area (Å²) in [6.45, 7) is 6.66. The quantitative estimate of drug-likeness (QED) is 0.544. The minimum atomic E-state index is -2.27. The molecule has 1 heterocycles. The Morgan fingerprint density at radius 1 is 0.885 bits per heavy atom. The molecule has 132 valence electrons. The fourth-order valence-electron chi connectivity index (χ4n) is 3.43. The van der Waals surface area contributed by atoms with E-state index in [1.54, 1.807) is 0 Å². The van der Waals surface area contributed by atoms with Gasteiger partial charge in [-0.15, -0.1) is 0 Å². The van der Waals surface area contributed by atoms with Crippen LogP contribution in [-0.2, 0) is 16.4 Å². The number of fused-ring (bicyclic) bond motifs is 3. The zero-order valence-electron chi connectivity index (χ0n) is 15.4. The molecule has 1 aliphatic heterocycles. The van der Waals surface area contributed by atoms with E-state index >= 15 is 0 Å². The summed E-state index contributed by atoms with van der Waals surface area (Å²) in [7, 11) is -2.27. The molecule has 0 N–H and O–H groups in total. The van der Waals surface area contributed by atoms with E-state index in [1.165, 1.54) is 11.1 Å². The van der Waals surface area contributed by atoms with Crippen molar-refractivity contribution < 1.29 is 9.09 Å². The second-order valence-electron chi connectivity index (χ2n) is 7.86. The molecule has 1 atom stereocenters. The largest absolute Gasteiger partial charge is 0.441 e. The molecule has 3 aromatic carbocycles. The summed E-state index contributed by atoms with van der Waals surface area (Å²) in [6.07, 6.45) is 0.768. The summed E-state index contributed by atoms with van der Waals surface area (Å²) in [4.78, 5) is 0. The Bertz CT molecular complexity index is 985. The first-order chi connectivity index (χ1) is 12.4. The van der Waals surface area contributed by atoms with Crippen LogP contribution in [0.4, 0.5) is 0 Å². The first-order valence-electron chi connectivity index (χ1n) is 8.96. The Kier molecular flexibility index (Phi) is 4.25. The van der Waals surface area contributed by atoms with Gasteiger partial charge in [0.2, 0.25) is 0 Å². The van der Waals surface area contributed by atoms with Crippen molar-refractivity contribution in [2.75, 3.05) is 0 Å². The molecule has 0 aliphatic carbocycles. The Morgan fingerprint density at radius 3 is 2.31 bits per heavy atom. The fourth-order valence-corrected chi connectivity index (χ4v) is 4.64. The van der Waals surface area contributed by atoms with E-state index in [-0.39, 0.29) is 5.41 Å². The first-order valence-corrected chi connectivity index (χ1v) is 10.3. The highest BCUT2D eigenvalue weighted by atomic mass is 31.1. The predicted molar refractivity (Wildman–Crippen MR) is 109 cm³/mol. The minimum absolute atomic E-state index is 0.0259. The molecular weight excluding hydrogens is 339 g/mol. The van der Waals surface area contributed by atoms with Gasteiger partial charge in [0.1, 0.15) is 5.75 Å². The smallest absolute Gasteiger partial charge is 0.266 e. The summed E-state index contributed by atoms with van der Waals surface area (Å²) >= 11 is 0. The van der Waals surface area contributed by atoms with Crippen LogP contribution in [0.5, 0.6) is 5.75 Å². The van der Waals surface area contributed by atoms with Crippen molar-refractivity contribution in [1.29, 1.82) is 0 Å². The number of hydrogen-bond donors (Lipinski definition) is 0. The maximum atomic E-state index is 12.7. The molecule has 1 unspecified atom stereocenters. The highest BCUT2D eigenvalue weighted by molar-refractivity contribution is 7.49. The van der Waals surface area contributed by atoms with Crippen molar-refractivity contribution in [3.05, 3.63) is 83.4 Å². The molecule has 3 aromatic rings. The predicted octanol–water partition coefficient (Wildman–Crippen LogP) is 5.73. The second-order valence-corrected chi connectivity index (χ2v) is 9.18. The van der Waals surface area contributed by atoms with Crippen molar-refractivity contribution >= 4 is 13.3 Å². The van der Waals surface area contributed by atoms with Crippen molar-refractivity contribution in [3.63, 3.8) is 0 Å². The number of hydrogen-bond acceptors (Lipinski definition) is 2. The lowest BCUT2D eigenvalue weighted by atomic mass is 9.83. The lowest BCUT2D eigenvalue weighted by Crippen LogP contribution is -2.16. The first kappa shape index (κ1) is 17.1. The zero-order chi connectivity index (χ0) is 18.3. The van der Waals surface area contributed by atoms with Crippen LogP contribution in [0.25, 0.3) is 11.1 Å². The van der Waals surface area contributed by atoms with Gasteiger partial charge in [-0.2, -0.15) is 0 Å². The second kappa shape index (κ2) is 6.45. The molecule has 26 heavy (non-hydrogen) atoms. The third-order valence-electron chi connectivity index (χ3n) is 4.90. The van der Waals surface area contributed by atoms with Crippen LogP contribution in [0, 0.1) is 0 Å². The fraction of sp³-hybridized carbons (Fsp3) is 0.217. The average molecular weight is 362 g/mol. The van der Waals surface area contributed by atoms with E-state index in [4.69, 9.17) is 4.52 Å². The van der Waals surface area contributed by atoms with Crippen LogP contribution < -0.4 is 9.83 Å². The summed E-state index contributed by atoms with van der Waals surface area (Å²) in [5.41, 5.74) is 5.72. The lowest BCUT2D eigenvalue weighted by Gasteiger charge is -2.27. The Labute approximate surface area is 155 Å². The standard InChI is InChI=1S/C23H23O2P/c1-23(2,3)18-14-17(13-16-9-5-4-6-10-16)22-20(15-18)19-11-7-8-12-21(19)26(24)25-22/h4-12,14-15,26H,13H2,1-3H3. The van der Waals surface area contributed by atoms with Crippen LogP contribution in [0.3, 0.4) is 0 Å². The zero-order valence-corrected chi connectivity index (χ0v) is 16.4. The third kappa shape index (κ3) is 3.10. The van der Waals surface area contributed by atoms with Gasteiger partial charge >= 0.3 is 0 Å². The molecule has 0 amide bonds. The summed E-state index contributed by atoms with van der Waals surface area (Å²) in [6, 6.07) is 22.7. The maximum absolute atomic E-state index is 12.7. The highest BCUT2D eigenvalue weighted by Crippen LogP contribution is 2.47. The highest BCUT2D eigenvalue weighted by Gasteiger charge is 2.27. The van der Waals surface area contributed by atoms with E-state index in [0.717, 1.165) is 34.2 Å². The number of rotatable bonds is 2. The summed E-state index contributed by atoms with van der Waals surface area (Å²) in [5.74, 6) is 0.782. The third-order valence-corrected chi connectivity index (χ3v) is 6.17. The van der Waals surface area contributed by atoms with Crippen LogP contribution in [0.15, 0.2) is 66.7 Å². The lowest BCUT2D eigenvalue weighted by molar-refractivity contribution is 0.509. The van der Waals surface area contributed by atoms with Gasteiger partial charge in [-0.05, 0) is 39.8 Å². The molecular formula is C23H23O2P. The van der Waals surface area contributed by atoms with Crippen molar-refractivity contribution in [2.45, 2.75) is 32.6 Å². The van der Waals surface area contributed by atoms with Gasteiger partial charge in [0.05, 0.1) is 5.30 Å². The van der Waals surface area contributed by atoms with Crippen molar-refractivity contribution in [3.8, 4) is 16.9 Å². The SMILES string of the molecule is CC(C)(C)c1cc(Cc2ccccc2)c2c(c1)-c1ccccc1[PH](=O)O2. The monoisotopic (exact) mass is 362 g/mol. The van der Waals surface area contributed by atoms with Crippen molar-refractivity contribution in [1.82, 2.24) is 0 Å². The van der Waals surface area contributed by atoms with Crippen molar-refractivity contribution in [2.24, 2.45) is 0 Å². The van der Waals surface area contributed by atoms with Gasteiger partial charge in [-0.3, -0.25) is 4.57 Å². The Hall–Kier alpha value is -2.31. The minimum Gasteiger partial charge on any atom is -0.441 e. The van der Waals surface area contributed by atoms with Crippen LogP contribution in [-0.4, -0.2) is 0 Å². The van der Waals surface area contributed by atoms with E-state index in [2.05, 4.69) is 51.1 Å². The molecule has 0 saturated carbocycles. The van der Waals surface area contributed by atoms with E-state index in [0.29, 0.717) is 0 Å². The van der Waals surface area contributed by atoms with E-state index in [9.17, 15) is 4.57 Å². The Balaban J connectivity index is 1.94. The molecule has 0 fully saturated rings. The normalized spacial score (nSPS) is 15.7. The molecule has 0 saturated heterocycles. The molecule has 4 rings (SSSR count). The molecule has 0 aromatic heterocycles. The molecule has 3 heteroatoms. The van der Waals surface area contributed by atoms with E-state index in [1.807, 2.05) is 36.4 Å². The van der Waals surface area contributed by atoms with Gasteiger partial charge in [0.15, 0.2) is 0 Å².